The largest absolute Gasteiger partial charge is 0.418 e. The molecule has 0 radical (unpaired) electrons. The first-order valence-electron chi connectivity index (χ1n) is 6.64. The van der Waals surface area contributed by atoms with Crippen LogP contribution in [0.5, 0.6) is 0 Å². The Morgan fingerprint density at radius 1 is 1.17 bits per heavy atom. The van der Waals surface area contributed by atoms with Gasteiger partial charge in [0.05, 0.1) is 22.9 Å². The Morgan fingerprint density at radius 2 is 1.83 bits per heavy atom. The van der Waals surface area contributed by atoms with E-state index < -0.39 is 47.3 Å². The number of hydrogen-bond donors (Lipinski definition) is 1. The first-order valence-corrected chi connectivity index (χ1v) is 6.64. The third-order valence-electron chi connectivity index (χ3n) is 3.82. The Bertz CT molecular complexity index is 851. The third-order valence-corrected chi connectivity index (χ3v) is 3.82. The second-order valence-electron chi connectivity index (χ2n) is 5.31. The minimum Gasteiger partial charge on any atom is -0.385 e. The molecule has 3 unspecified atom stereocenters. The Labute approximate surface area is 131 Å². The lowest BCUT2D eigenvalue weighted by Crippen LogP contribution is -2.15. The second-order valence-corrected chi connectivity index (χ2v) is 5.31. The van der Waals surface area contributed by atoms with E-state index in [2.05, 4.69) is 0 Å². The van der Waals surface area contributed by atoms with Gasteiger partial charge in [0.25, 0.3) is 0 Å². The molecule has 126 valence electrons. The molecule has 0 bridgehead atoms. The molecule has 0 amide bonds. The van der Waals surface area contributed by atoms with Crippen molar-refractivity contribution in [3.8, 4) is 11.8 Å². The van der Waals surface area contributed by atoms with Crippen LogP contribution in [0.4, 0.5) is 26.3 Å². The molecule has 1 aliphatic carbocycles. The van der Waals surface area contributed by atoms with Crippen molar-refractivity contribution in [1.82, 2.24) is 4.57 Å². The summed E-state index contributed by atoms with van der Waals surface area (Å²) in [4.78, 5) is 0. The molecule has 2 aromatic rings. The lowest BCUT2D eigenvalue weighted by Gasteiger charge is -2.13. The van der Waals surface area contributed by atoms with E-state index in [0.717, 1.165) is 18.2 Å². The van der Waals surface area contributed by atoms with Crippen molar-refractivity contribution in [2.24, 2.45) is 0 Å². The first-order chi connectivity index (χ1) is 11.1. The van der Waals surface area contributed by atoms with E-state index in [1.165, 1.54) is 0 Å². The fourth-order valence-electron chi connectivity index (χ4n) is 2.82. The summed E-state index contributed by atoms with van der Waals surface area (Å²) in [5.74, 6) is -0.925. The minimum absolute atomic E-state index is 0.202. The van der Waals surface area contributed by atoms with Crippen LogP contribution in [-0.4, -0.2) is 15.8 Å². The zero-order valence-corrected chi connectivity index (χ0v) is 11.7. The number of aromatic nitrogens is 1. The number of hydrogen-bond acceptors (Lipinski definition) is 2. The van der Waals surface area contributed by atoms with Crippen molar-refractivity contribution >= 4 is 0 Å². The third kappa shape index (κ3) is 2.34. The molecule has 1 aromatic carbocycles. The van der Waals surface area contributed by atoms with Crippen LogP contribution in [0.25, 0.3) is 5.69 Å². The monoisotopic (exact) mass is 346 g/mol. The fraction of sp³-hybridized carbons (Fsp3) is 0.267. The van der Waals surface area contributed by atoms with Gasteiger partial charge in [-0.25, -0.2) is 13.2 Å². The van der Waals surface area contributed by atoms with Crippen molar-refractivity contribution in [1.29, 1.82) is 5.26 Å². The molecule has 9 heteroatoms. The SMILES string of the molecule is N#Cc1cc(F)cc(-n2cc(C(F)(F)F)c3c2C(F)C(F)C3O)c1. The zero-order chi connectivity index (χ0) is 17.8. The zero-order valence-electron chi connectivity index (χ0n) is 11.7. The predicted octanol–water partition coefficient (Wildman–Crippen LogP) is 3.90. The van der Waals surface area contributed by atoms with E-state index in [4.69, 9.17) is 5.26 Å². The molecule has 0 saturated carbocycles. The van der Waals surface area contributed by atoms with Crippen LogP contribution in [0.1, 0.15) is 34.7 Å². The standard InChI is InChI=1S/C15H8F6N2O/c16-7-1-6(4-22)2-8(3-7)23-5-9(15(19,20)21)10-13(23)11(17)12(18)14(10)24/h1-3,5,11-12,14,24H. The van der Waals surface area contributed by atoms with E-state index >= 15 is 0 Å². The number of alkyl halides is 5. The van der Waals surface area contributed by atoms with E-state index in [9.17, 15) is 31.4 Å². The molecule has 3 nitrogen and oxygen atoms in total. The summed E-state index contributed by atoms with van der Waals surface area (Å²) in [5.41, 5.74) is -3.54. The maximum atomic E-state index is 14.1. The van der Waals surface area contributed by atoms with Gasteiger partial charge < -0.3 is 9.67 Å². The lowest BCUT2D eigenvalue weighted by molar-refractivity contribution is -0.139. The van der Waals surface area contributed by atoms with Crippen LogP contribution in [0.15, 0.2) is 24.4 Å². The van der Waals surface area contributed by atoms with Gasteiger partial charge in [-0.3, -0.25) is 0 Å². The molecule has 24 heavy (non-hydrogen) atoms. The highest BCUT2D eigenvalue weighted by molar-refractivity contribution is 5.51. The Hall–Kier alpha value is -2.47. The molecule has 0 spiro atoms. The molecule has 1 N–H and O–H groups in total. The van der Waals surface area contributed by atoms with Gasteiger partial charge in [0, 0.05) is 17.4 Å². The van der Waals surface area contributed by atoms with Gasteiger partial charge in [-0.1, -0.05) is 0 Å². The van der Waals surface area contributed by atoms with Crippen LogP contribution in [0.2, 0.25) is 0 Å². The molecule has 3 atom stereocenters. The highest BCUT2D eigenvalue weighted by Crippen LogP contribution is 2.50. The highest BCUT2D eigenvalue weighted by Gasteiger charge is 2.50. The van der Waals surface area contributed by atoms with E-state index in [-0.39, 0.29) is 11.3 Å². The molecule has 0 aliphatic heterocycles. The van der Waals surface area contributed by atoms with Gasteiger partial charge in [-0.2, -0.15) is 18.4 Å². The van der Waals surface area contributed by atoms with Crippen molar-refractivity contribution in [3.63, 3.8) is 0 Å². The summed E-state index contributed by atoms with van der Waals surface area (Å²) in [6, 6.07) is 4.28. The molecule has 1 heterocycles. The quantitative estimate of drug-likeness (QED) is 0.796. The predicted molar refractivity (Wildman–Crippen MR) is 69.1 cm³/mol. The molecule has 0 saturated heterocycles. The molecule has 3 rings (SSSR count). The normalized spacial score (nSPS) is 23.2. The molecule has 0 fully saturated rings. The summed E-state index contributed by atoms with van der Waals surface area (Å²) in [6.45, 7) is 0. The van der Waals surface area contributed by atoms with Gasteiger partial charge in [-0.15, -0.1) is 0 Å². The summed E-state index contributed by atoms with van der Waals surface area (Å²) in [5, 5.41) is 18.4. The molecular formula is C15H8F6N2O. The number of fused-ring (bicyclic) bond motifs is 1. The summed E-state index contributed by atoms with van der Waals surface area (Å²) >= 11 is 0. The van der Waals surface area contributed by atoms with Gasteiger partial charge in [0.1, 0.15) is 11.9 Å². The first kappa shape index (κ1) is 16.4. The van der Waals surface area contributed by atoms with Crippen molar-refractivity contribution in [2.45, 2.75) is 24.6 Å². The van der Waals surface area contributed by atoms with Crippen LogP contribution in [-0.2, 0) is 6.18 Å². The molecule has 1 aliphatic rings. The number of aliphatic hydroxyl groups excluding tert-OH is 1. The van der Waals surface area contributed by atoms with Gasteiger partial charge >= 0.3 is 6.18 Å². The number of aliphatic hydroxyl groups is 1. The van der Waals surface area contributed by atoms with Gasteiger partial charge in [0.2, 0.25) is 0 Å². The number of benzene rings is 1. The van der Waals surface area contributed by atoms with Crippen molar-refractivity contribution in [2.75, 3.05) is 0 Å². The van der Waals surface area contributed by atoms with E-state index in [0.29, 0.717) is 10.8 Å². The lowest BCUT2D eigenvalue weighted by atomic mass is 10.1. The molecular weight excluding hydrogens is 338 g/mol. The Balaban J connectivity index is 2.30. The Kier molecular flexibility index (Phi) is 3.60. The number of rotatable bonds is 1. The molecule has 1 aromatic heterocycles. The topological polar surface area (TPSA) is 49.0 Å². The summed E-state index contributed by atoms with van der Waals surface area (Å²) in [7, 11) is 0. The van der Waals surface area contributed by atoms with Gasteiger partial charge in [0.15, 0.2) is 12.3 Å². The van der Waals surface area contributed by atoms with Crippen LogP contribution < -0.4 is 0 Å². The maximum absolute atomic E-state index is 14.1. The number of halogens is 6. The number of nitrogens with zero attached hydrogens (tertiary/aromatic N) is 2. The van der Waals surface area contributed by atoms with E-state index in [1.807, 2.05) is 0 Å². The van der Waals surface area contributed by atoms with E-state index in [1.54, 1.807) is 6.07 Å². The van der Waals surface area contributed by atoms with Crippen LogP contribution in [0.3, 0.4) is 0 Å². The number of nitriles is 1. The second kappa shape index (κ2) is 5.27. The average molecular weight is 346 g/mol. The maximum Gasteiger partial charge on any atom is 0.418 e. The van der Waals surface area contributed by atoms with Crippen LogP contribution in [0, 0.1) is 17.1 Å². The van der Waals surface area contributed by atoms with Crippen molar-refractivity contribution < 1.29 is 31.4 Å². The fourth-order valence-corrected chi connectivity index (χ4v) is 2.82. The minimum atomic E-state index is -4.97. The van der Waals surface area contributed by atoms with Gasteiger partial charge in [-0.05, 0) is 18.2 Å². The summed E-state index contributed by atoms with van der Waals surface area (Å²) < 4.78 is 81.3. The Morgan fingerprint density at radius 3 is 2.42 bits per heavy atom. The van der Waals surface area contributed by atoms with Crippen molar-refractivity contribution in [3.05, 3.63) is 52.6 Å². The average Bonchev–Trinajstić information content (AvgIpc) is 3.00. The summed E-state index contributed by atoms with van der Waals surface area (Å²) in [6.07, 6.45) is -11.9. The smallest absolute Gasteiger partial charge is 0.385 e. The van der Waals surface area contributed by atoms with Crippen LogP contribution >= 0.6 is 0 Å². The highest BCUT2D eigenvalue weighted by atomic mass is 19.4.